The van der Waals surface area contributed by atoms with E-state index in [1.54, 1.807) is 0 Å². The number of halogens is 2. The average Bonchev–Trinajstić information content (AvgIpc) is 2.29. The Bertz CT molecular complexity index is 446. The fourth-order valence-electron chi connectivity index (χ4n) is 1.76. The molecule has 0 heterocycles. The van der Waals surface area contributed by atoms with Gasteiger partial charge in [0.05, 0.1) is 0 Å². The summed E-state index contributed by atoms with van der Waals surface area (Å²) < 4.78 is 0. The molecule has 0 fully saturated rings. The zero-order valence-electron chi connectivity index (χ0n) is 8.29. The molecule has 1 unspecified atom stereocenters. The monoisotopic (exact) mass is 326 g/mol. The molecule has 0 nitrogen and oxygen atoms in total. The third-order valence-corrected chi connectivity index (χ3v) is 4.79. The van der Waals surface area contributed by atoms with Gasteiger partial charge in [-0.05, 0) is 22.8 Å². The van der Waals surface area contributed by atoms with Crippen LogP contribution in [0, 0.1) is 0 Å². The minimum atomic E-state index is 0.503. The minimum Gasteiger partial charge on any atom is -0.0916 e. The second-order valence-corrected chi connectivity index (χ2v) is 5.54. The highest BCUT2D eigenvalue weighted by Crippen LogP contribution is 2.21. The Hall–Kier alpha value is -0.340. The Labute approximate surface area is 107 Å². The molecule has 0 radical (unpaired) electrons. The van der Waals surface area contributed by atoms with E-state index in [0.29, 0.717) is 4.83 Å². The molecule has 0 bridgehead atoms. The number of alkyl halides is 2. The summed E-state index contributed by atoms with van der Waals surface area (Å²) in [5, 5.41) is 3.67. The van der Waals surface area contributed by atoms with E-state index in [-0.39, 0.29) is 0 Å². The largest absolute Gasteiger partial charge is 0.0916 e. The summed E-state index contributed by atoms with van der Waals surface area (Å²) in [7, 11) is 0. The summed E-state index contributed by atoms with van der Waals surface area (Å²) in [6, 6.07) is 15.0. The van der Waals surface area contributed by atoms with Crippen LogP contribution in [0.15, 0.2) is 42.5 Å². The van der Waals surface area contributed by atoms with Crippen LogP contribution in [0.4, 0.5) is 0 Å². The lowest BCUT2D eigenvalue weighted by Crippen LogP contribution is -2.03. The zero-order valence-corrected chi connectivity index (χ0v) is 11.5. The second-order valence-electron chi connectivity index (χ2n) is 3.59. The van der Waals surface area contributed by atoms with Crippen LogP contribution in [-0.4, -0.2) is 10.2 Å². The van der Waals surface area contributed by atoms with Crippen molar-refractivity contribution in [3.63, 3.8) is 0 Å². The van der Waals surface area contributed by atoms with Gasteiger partial charge in [-0.1, -0.05) is 74.3 Å². The molecule has 2 aromatic carbocycles. The molecule has 1 atom stereocenters. The van der Waals surface area contributed by atoms with Crippen molar-refractivity contribution in [2.45, 2.75) is 11.2 Å². The quantitative estimate of drug-likeness (QED) is 0.726. The fourth-order valence-corrected chi connectivity index (χ4v) is 2.34. The van der Waals surface area contributed by atoms with Gasteiger partial charge >= 0.3 is 0 Å². The summed E-state index contributed by atoms with van der Waals surface area (Å²) in [6.45, 7) is 0. The molecule has 0 N–H and O–H groups in total. The van der Waals surface area contributed by atoms with Crippen molar-refractivity contribution >= 4 is 42.6 Å². The molecule has 78 valence electrons. The molecule has 0 aliphatic heterocycles. The summed E-state index contributed by atoms with van der Waals surface area (Å²) in [6.07, 6.45) is 1.06. The van der Waals surface area contributed by atoms with Crippen LogP contribution < -0.4 is 0 Å². The van der Waals surface area contributed by atoms with Gasteiger partial charge in [0.2, 0.25) is 0 Å². The number of rotatable bonds is 3. The number of benzene rings is 2. The van der Waals surface area contributed by atoms with Crippen molar-refractivity contribution in [3.8, 4) is 0 Å². The Morgan fingerprint density at radius 2 is 1.73 bits per heavy atom. The van der Waals surface area contributed by atoms with E-state index in [1.807, 2.05) is 0 Å². The van der Waals surface area contributed by atoms with E-state index in [4.69, 9.17) is 0 Å². The van der Waals surface area contributed by atoms with Crippen molar-refractivity contribution in [2.24, 2.45) is 0 Å². The smallest absolute Gasteiger partial charge is 0.0283 e. The summed E-state index contributed by atoms with van der Waals surface area (Å²) >= 11 is 7.14. The maximum Gasteiger partial charge on any atom is 0.0283 e. The van der Waals surface area contributed by atoms with Crippen molar-refractivity contribution in [3.05, 3.63) is 48.0 Å². The van der Waals surface area contributed by atoms with Gasteiger partial charge in [-0.3, -0.25) is 0 Å². The topological polar surface area (TPSA) is 0 Å². The fraction of sp³-hybridized carbons (Fsp3) is 0.231. The first kappa shape index (κ1) is 11.2. The molecular formula is C13H12Br2. The maximum absolute atomic E-state index is 3.65. The van der Waals surface area contributed by atoms with Crippen molar-refractivity contribution < 1.29 is 0 Å². The summed E-state index contributed by atoms with van der Waals surface area (Å²) in [5.74, 6) is 0. The molecule has 0 saturated carbocycles. The highest BCUT2D eigenvalue weighted by molar-refractivity contribution is 9.12. The molecule has 15 heavy (non-hydrogen) atoms. The van der Waals surface area contributed by atoms with Gasteiger partial charge in [0, 0.05) is 10.2 Å². The van der Waals surface area contributed by atoms with Crippen LogP contribution in [0.1, 0.15) is 5.56 Å². The minimum absolute atomic E-state index is 0.503. The highest BCUT2D eigenvalue weighted by Gasteiger charge is 2.06. The molecule has 0 aromatic heterocycles. The van der Waals surface area contributed by atoms with Crippen molar-refractivity contribution in [1.29, 1.82) is 0 Å². The average molecular weight is 328 g/mol. The van der Waals surface area contributed by atoms with Gasteiger partial charge in [0.25, 0.3) is 0 Å². The van der Waals surface area contributed by atoms with E-state index in [9.17, 15) is 0 Å². The molecular weight excluding hydrogens is 316 g/mol. The number of hydrogen-bond donors (Lipinski definition) is 0. The Morgan fingerprint density at radius 3 is 2.53 bits per heavy atom. The SMILES string of the molecule is BrCC(Br)Cc1cccc2ccccc12. The molecule has 0 amide bonds. The lowest BCUT2D eigenvalue weighted by molar-refractivity contribution is 0.986. The van der Waals surface area contributed by atoms with Crippen LogP contribution in [0.25, 0.3) is 10.8 Å². The second kappa shape index (κ2) is 5.13. The zero-order chi connectivity index (χ0) is 10.7. The molecule has 2 heteroatoms. The van der Waals surface area contributed by atoms with Crippen LogP contribution in [0.2, 0.25) is 0 Å². The molecule has 0 saturated heterocycles. The third-order valence-electron chi connectivity index (χ3n) is 2.49. The van der Waals surface area contributed by atoms with E-state index >= 15 is 0 Å². The van der Waals surface area contributed by atoms with Gasteiger partial charge in [0.15, 0.2) is 0 Å². The molecule has 0 spiro atoms. The first-order valence-corrected chi connectivity index (χ1v) is 7.01. The predicted molar refractivity (Wildman–Crippen MR) is 74.2 cm³/mol. The van der Waals surface area contributed by atoms with E-state index in [1.165, 1.54) is 16.3 Å². The van der Waals surface area contributed by atoms with Gasteiger partial charge < -0.3 is 0 Å². The van der Waals surface area contributed by atoms with Gasteiger partial charge in [-0.25, -0.2) is 0 Å². The lowest BCUT2D eigenvalue weighted by Gasteiger charge is -2.09. The molecule has 0 aliphatic carbocycles. The Morgan fingerprint density at radius 1 is 1.00 bits per heavy atom. The van der Waals surface area contributed by atoms with Gasteiger partial charge in [-0.2, -0.15) is 0 Å². The van der Waals surface area contributed by atoms with Crippen LogP contribution in [-0.2, 0) is 6.42 Å². The summed E-state index contributed by atoms with van der Waals surface area (Å²) in [4.78, 5) is 0.503. The van der Waals surface area contributed by atoms with E-state index in [0.717, 1.165) is 11.8 Å². The number of fused-ring (bicyclic) bond motifs is 1. The van der Waals surface area contributed by atoms with Crippen molar-refractivity contribution in [2.75, 3.05) is 5.33 Å². The lowest BCUT2D eigenvalue weighted by atomic mass is 10.0. The Balaban J connectivity index is 2.42. The molecule has 2 aromatic rings. The predicted octanol–water partition coefficient (Wildman–Crippen LogP) is 4.54. The molecule has 0 aliphatic rings. The third kappa shape index (κ3) is 2.61. The first-order chi connectivity index (χ1) is 7.31. The maximum atomic E-state index is 3.65. The van der Waals surface area contributed by atoms with Crippen LogP contribution >= 0.6 is 31.9 Å². The van der Waals surface area contributed by atoms with Crippen molar-refractivity contribution in [1.82, 2.24) is 0 Å². The van der Waals surface area contributed by atoms with Gasteiger partial charge in [-0.15, -0.1) is 0 Å². The Kier molecular flexibility index (Phi) is 3.81. The standard InChI is InChI=1S/C13H12Br2/c14-9-12(15)8-11-6-3-5-10-4-1-2-7-13(10)11/h1-7,12H,8-9H2. The van der Waals surface area contributed by atoms with E-state index < -0.39 is 0 Å². The number of hydrogen-bond acceptors (Lipinski definition) is 0. The normalized spacial score (nSPS) is 12.9. The van der Waals surface area contributed by atoms with Gasteiger partial charge in [0.1, 0.15) is 0 Å². The van der Waals surface area contributed by atoms with E-state index in [2.05, 4.69) is 74.3 Å². The summed E-state index contributed by atoms with van der Waals surface area (Å²) in [5.41, 5.74) is 1.41. The molecule has 2 rings (SSSR count). The van der Waals surface area contributed by atoms with Crippen LogP contribution in [0.3, 0.4) is 0 Å². The first-order valence-electron chi connectivity index (χ1n) is 4.98. The highest BCUT2D eigenvalue weighted by atomic mass is 79.9. The van der Waals surface area contributed by atoms with Crippen LogP contribution in [0.5, 0.6) is 0 Å².